The van der Waals surface area contributed by atoms with Gasteiger partial charge in [0.05, 0.1) is 18.9 Å². The molecule has 2 aromatic rings. The number of carbonyl (C=O) groups is 1. The molecule has 0 saturated carbocycles. The SMILES string of the molecule is COc1cnccc1C(C)NCc1ccc(C(=O)O)cc1. The maximum atomic E-state index is 10.8. The molecule has 1 atom stereocenters. The second-order valence-electron chi connectivity index (χ2n) is 4.72. The summed E-state index contributed by atoms with van der Waals surface area (Å²) in [6.45, 7) is 2.69. The van der Waals surface area contributed by atoms with Gasteiger partial charge in [-0.3, -0.25) is 4.98 Å². The summed E-state index contributed by atoms with van der Waals surface area (Å²) in [6, 6.07) is 8.86. The second-order valence-corrected chi connectivity index (χ2v) is 4.72. The molecule has 0 aliphatic carbocycles. The molecule has 1 heterocycles. The Labute approximate surface area is 123 Å². The van der Waals surface area contributed by atoms with Gasteiger partial charge in [0.25, 0.3) is 0 Å². The smallest absolute Gasteiger partial charge is 0.335 e. The van der Waals surface area contributed by atoms with E-state index in [1.54, 1.807) is 31.6 Å². The lowest BCUT2D eigenvalue weighted by atomic mass is 10.1. The van der Waals surface area contributed by atoms with Crippen LogP contribution in [0.3, 0.4) is 0 Å². The minimum absolute atomic E-state index is 0.0992. The molecule has 1 aromatic heterocycles. The largest absolute Gasteiger partial charge is 0.495 e. The van der Waals surface area contributed by atoms with Gasteiger partial charge in [-0.1, -0.05) is 12.1 Å². The van der Waals surface area contributed by atoms with E-state index >= 15 is 0 Å². The lowest BCUT2D eigenvalue weighted by molar-refractivity contribution is 0.0697. The van der Waals surface area contributed by atoms with Crippen molar-refractivity contribution in [3.63, 3.8) is 0 Å². The molecule has 1 aromatic carbocycles. The number of benzene rings is 1. The van der Waals surface area contributed by atoms with Gasteiger partial charge in [-0.15, -0.1) is 0 Å². The Bertz CT molecular complexity index is 611. The van der Waals surface area contributed by atoms with Crippen LogP contribution in [-0.2, 0) is 6.54 Å². The van der Waals surface area contributed by atoms with Gasteiger partial charge < -0.3 is 15.2 Å². The van der Waals surface area contributed by atoms with Crippen LogP contribution in [0.25, 0.3) is 0 Å². The van der Waals surface area contributed by atoms with Crippen LogP contribution in [0.15, 0.2) is 42.7 Å². The molecule has 5 nitrogen and oxygen atoms in total. The summed E-state index contributed by atoms with van der Waals surface area (Å²) in [4.78, 5) is 14.8. The first-order valence-corrected chi connectivity index (χ1v) is 6.65. The highest BCUT2D eigenvalue weighted by Gasteiger charge is 2.10. The molecule has 0 aliphatic heterocycles. The number of nitrogens with zero attached hydrogens (tertiary/aromatic N) is 1. The van der Waals surface area contributed by atoms with E-state index in [2.05, 4.69) is 10.3 Å². The van der Waals surface area contributed by atoms with Crippen molar-refractivity contribution in [2.75, 3.05) is 7.11 Å². The number of pyridine rings is 1. The number of rotatable bonds is 6. The Balaban J connectivity index is 2.00. The van der Waals surface area contributed by atoms with E-state index in [9.17, 15) is 4.79 Å². The fourth-order valence-electron chi connectivity index (χ4n) is 2.07. The van der Waals surface area contributed by atoms with Crippen molar-refractivity contribution in [2.45, 2.75) is 19.5 Å². The van der Waals surface area contributed by atoms with E-state index in [-0.39, 0.29) is 6.04 Å². The Morgan fingerprint density at radius 1 is 1.33 bits per heavy atom. The van der Waals surface area contributed by atoms with Gasteiger partial charge in [-0.25, -0.2) is 4.79 Å². The summed E-state index contributed by atoms with van der Waals surface area (Å²) in [7, 11) is 1.62. The summed E-state index contributed by atoms with van der Waals surface area (Å²) in [5.74, 6) is -0.164. The molecule has 1 unspecified atom stereocenters. The average Bonchev–Trinajstić information content (AvgIpc) is 2.52. The minimum atomic E-state index is -0.913. The van der Waals surface area contributed by atoms with Crippen molar-refractivity contribution in [2.24, 2.45) is 0 Å². The molecule has 2 rings (SSSR count). The molecule has 0 spiro atoms. The van der Waals surface area contributed by atoms with Crippen molar-refractivity contribution in [1.82, 2.24) is 10.3 Å². The van der Waals surface area contributed by atoms with Crippen LogP contribution in [0.2, 0.25) is 0 Å². The zero-order valence-corrected chi connectivity index (χ0v) is 12.0. The number of ether oxygens (including phenoxy) is 1. The average molecular weight is 286 g/mol. The van der Waals surface area contributed by atoms with Crippen LogP contribution in [0.1, 0.15) is 34.5 Å². The monoisotopic (exact) mass is 286 g/mol. The van der Waals surface area contributed by atoms with E-state index in [0.717, 1.165) is 16.9 Å². The highest BCUT2D eigenvalue weighted by molar-refractivity contribution is 5.87. The van der Waals surface area contributed by atoms with Gasteiger partial charge in [0.15, 0.2) is 0 Å². The van der Waals surface area contributed by atoms with Crippen LogP contribution in [-0.4, -0.2) is 23.2 Å². The molecule has 21 heavy (non-hydrogen) atoms. The summed E-state index contributed by atoms with van der Waals surface area (Å²) >= 11 is 0. The predicted molar refractivity (Wildman–Crippen MR) is 79.4 cm³/mol. The number of nitrogens with one attached hydrogen (secondary N) is 1. The molecular formula is C16H18N2O3. The van der Waals surface area contributed by atoms with Crippen LogP contribution < -0.4 is 10.1 Å². The maximum absolute atomic E-state index is 10.8. The number of carboxylic acids is 1. The molecule has 0 bridgehead atoms. The maximum Gasteiger partial charge on any atom is 0.335 e. The normalized spacial score (nSPS) is 11.9. The Morgan fingerprint density at radius 2 is 2.05 bits per heavy atom. The lowest BCUT2D eigenvalue weighted by Crippen LogP contribution is -2.18. The van der Waals surface area contributed by atoms with Crippen molar-refractivity contribution < 1.29 is 14.6 Å². The lowest BCUT2D eigenvalue weighted by Gasteiger charge is -2.17. The van der Waals surface area contributed by atoms with Gasteiger partial charge in [0.2, 0.25) is 0 Å². The number of aromatic nitrogens is 1. The quantitative estimate of drug-likeness (QED) is 0.854. The van der Waals surface area contributed by atoms with Crippen molar-refractivity contribution in [3.05, 3.63) is 59.4 Å². The molecule has 0 radical (unpaired) electrons. The number of hydrogen-bond acceptors (Lipinski definition) is 4. The number of hydrogen-bond donors (Lipinski definition) is 2. The second kappa shape index (κ2) is 6.85. The third kappa shape index (κ3) is 3.79. The standard InChI is InChI=1S/C16H18N2O3/c1-11(14-7-8-17-10-15(14)21-2)18-9-12-3-5-13(6-4-12)16(19)20/h3-8,10-11,18H,9H2,1-2H3,(H,19,20). The van der Waals surface area contributed by atoms with E-state index < -0.39 is 5.97 Å². The molecule has 2 N–H and O–H groups in total. The summed E-state index contributed by atoms with van der Waals surface area (Å²) < 4.78 is 5.29. The molecule has 0 saturated heterocycles. The molecule has 110 valence electrons. The van der Waals surface area contributed by atoms with E-state index in [4.69, 9.17) is 9.84 Å². The first-order chi connectivity index (χ1) is 10.1. The topological polar surface area (TPSA) is 71.5 Å². The van der Waals surface area contributed by atoms with Gasteiger partial charge >= 0.3 is 5.97 Å². The van der Waals surface area contributed by atoms with Gasteiger partial charge in [0, 0.05) is 24.3 Å². The zero-order chi connectivity index (χ0) is 15.2. The predicted octanol–water partition coefficient (Wildman–Crippen LogP) is 2.64. The molecular weight excluding hydrogens is 268 g/mol. The summed E-state index contributed by atoms with van der Waals surface area (Å²) in [6.07, 6.45) is 3.42. The molecule has 5 heteroatoms. The summed E-state index contributed by atoms with van der Waals surface area (Å²) in [5.41, 5.74) is 2.36. The first-order valence-electron chi connectivity index (χ1n) is 6.65. The Morgan fingerprint density at radius 3 is 2.67 bits per heavy atom. The summed E-state index contributed by atoms with van der Waals surface area (Å²) in [5, 5.41) is 12.2. The van der Waals surface area contributed by atoms with Gasteiger partial charge in [-0.05, 0) is 30.7 Å². The zero-order valence-electron chi connectivity index (χ0n) is 12.0. The van der Waals surface area contributed by atoms with Crippen LogP contribution >= 0.6 is 0 Å². The van der Waals surface area contributed by atoms with Crippen LogP contribution in [0.5, 0.6) is 5.75 Å². The molecule has 0 fully saturated rings. The highest BCUT2D eigenvalue weighted by atomic mass is 16.5. The fourth-order valence-corrected chi connectivity index (χ4v) is 2.07. The van der Waals surface area contributed by atoms with E-state index in [0.29, 0.717) is 12.1 Å². The third-order valence-electron chi connectivity index (χ3n) is 3.32. The Hall–Kier alpha value is -2.40. The van der Waals surface area contributed by atoms with Gasteiger partial charge in [-0.2, -0.15) is 0 Å². The van der Waals surface area contributed by atoms with Gasteiger partial charge in [0.1, 0.15) is 5.75 Å². The fraction of sp³-hybridized carbons (Fsp3) is 0.250. The van der Waals surface area contributed by atoms with Crippen molar-refractivity contribution in [3.8, 4) is 5.75 Å². The highest BCUT2D eigenvalue weighted by Crippen LogP contribution is 2.23. The third-order valence-corrected chi connectivity index (χ3v) is 3.32. The van der Waals surface area contributed by atoms with E-state index in [1.165, 1.54) is 0 Å². The molecule has 0 aliphatic rings. The van der Waals surface area contributed by atoms with Crippen molar-refractivity contribution >= 4 is 5.97 Å². The Kier molecular flexibility index (Phi) is 4.90. The number of aromatic carboxylic acids is 1. The van der Waals surface area contributed by atoms with Crippen molar-refractivity contribution in [1.29, 1.82) is 0 Å². The first kappa shape index (κ1) is 15.0. The molecule has 0 amide bonds. The minimum Gasteiger partial charge on any atom is -0.495 e. The van der Waals surface area contributed by atoms with E-state index in [1.807, 2.05) is 25.1 Å². The van der Waals surface area contributed by atoms with Crippen LogP contribution in [0, 0.1) is 0 Å². The van der Waals surface area contributed by atoms with Crippen LogP contribution in [0.4, 0.5) is 0 Å². The number of carboxylic acid groups (broad SMARTS) is 1. The number of methoxy groups -OCH3 is 1.